The first-order chi connectivity index (χ1) is 22.7. The molecule has 47 heavy (non-hydrogen) atoms. The molecule has 1 amide bonds. The predicted molar refractivity (Wildman–Crippen MR) is 172 cm³/mol. The number of rotatable bonds is 11. The van der Waals surface area contributed by atoms with Gasteiger partial charge in [-0.2, -0.15) is 4.39 Å². The molecule has 2 aliphatic rings. The lowest BCUT2D eigenvalue weighted by atomic mass is 9.90. The highest BCUT2D eigenvalue weighted by molar-refractivity contribution is 6.10. The minimum Gasteiger partial charge on any atom is -0.494 e. The molecule has 1 aliphatic heterocycles. The Kier molecular flexibility index (Phi) is 9.28. The Morgan fingerprint density at radius 1 is 1.17 bits per heavy atom. The predicted octanol–water partition coefficient (Wildman–Crippen LogP) is 4.59. The van der Waals surface area contributed by atoms with Gasteiger partial charge in [0.2, 0.25) is 11.7 Å². The number of ether oxygens (including phenoxy) is 1. The number of anilines is 2. The summed E-state index contributed by atoms with van der Waals surface area (Å²) in [5, 5.41) is 27.8. The summed E-state index contributed by atoms with van der Waals surface area (Å²) in [5.74, 6) is -2.50. The molecule has 0 unspecified atom stereocenters. The Morgan fingerprint density at radius 3 is 2.74 bits per heavy atom. The van der Waals surface area contributed by atoms with Gasteiger partial charge >= 0.3 is 0 Å². The van der Waals surface area contributed by atoms with Gasteiger partial charge in [0.05, 0.1) is 31.1 Å². The molecule has 2 fully saturated rings. The third-order valence-electron chi connectivity index (χ3n) is 9.09. The zero-order chi connectivity index (χ0) is 33.2. The van der Waals surface area contributed by atoms with Crippen LogP contribution >= 0.6 is 0 Å². The van der Waals surface area contributed by atoms with Crippen LogP contribution in [0.15, 0.2) is 48.9 Å². The van der Waals surface area contributed by atoms with Crippen LogP contribution in [0.4, 0.5) is 20.3 Å². The van der Waals surface area contributed by atoms with Crippen molar-refractivity contribution in [3.63, 3.8) is 0 Å². The van der Waals surface area contributed by atoms with Gasteiger partial charge < -0.3 is 31.2 Å². The van der Waals surface area contributed by atoms with Gasteiger partial charge in [0.25, 0.3) is 0 Å². The Labute approximate surface area is 270 Å². The zero-order valence-corrected chi connectivity index (χ0v) is 26.1. The number of aromatic nitrogens is 3. The number of Topliss-reactive ketones (excluding diaryl/α,β-unsaturated/α-hetero) is 1. The number of amides is 1. The second kappa shape index (κ2) is 13.5. The number of nitrogens with one attached hydrogen (secondary N) is 4. The average molecular weight is 646 g/mol. The lowest BCUT2D eigenvalue weighted by molar-refractivity contribution is -0.123. The van der Waals surface area contributed by atoms with Gasteiger partial charge in [0.15, 0.2) is 28.8 Å². The maximum Gasteiger partial charge on any atom is 0.237 e. The summed E-state index contributed by atoms with van der Waals surface area (Å²) in [6, 6.07) is 7.47. The molecule has 0 spiro atoms. The fourth-order valence-corrected chi connectivity index (χ4v) is 6.62. The van der Waals surface area contributed by atoms with Gasteiger partial charge in [-0.25, -0.2) is 14.4 Å². The molecular formula is C34H37F2N7O4. The van der Waals surface area contributed by atoms with Crippen molar-refractivity contribution in [1.82, 2.24) is 25.0 Å². The van der Waals surface area contributed by atoms with Crippen molar-refractivity contribution in [3.8, 4) is 17.0 Å². The highest BCUT2D eigenvalue weighted by Gasteiger charge is 2.36. The highest BCUT2D eigenvalue weighted by Crippen LogP contribution is 2.32. The third-order valence-corrected chi connectivity index (χ3v) is 9.09. The van der Waals surface area contributed by atoms with E-state index in [9.17, 15) is 23.5 Å². The van der Waals surface area contributed by atoms with Crippen molar-refractivity contribution >= 4 is 34.6 Å². The Balaban J connectivity index is 1.16. The first-order valence-corrected chi connectivity index (χ1v) is 15.7. The number of aliphatic hydroxyl groups excluding tert-OH is 1. The van der Waals surface area contributed by atoms with Gasteiger partial charge in [-0.3, -0.25) is 14.0 Å². The number of imidazole rings is 1. The number of carbonyl (C=O) groups is 2. The number of ketones is 1. The fourth-order valence-electron chi connectivity index (χ4n) is 6.62. The number of aliphatic hydroxyl groups is 1. The van der Waals surface area contributed by atoms with Gasteiger partial charge in [-0.15, -0.1) is 0 Å². The lowest BCUT2D eigenvalue weighted by Crippen LogP contribution is -2.47. The van der Waals surface area contributed by atoms with Crippen molar-refractivity contribution in [3.05, 3.63) is 71.7 Å². The van der Waals surface area contributed by atoms with Crippen molar-refractivity contribution in [1.29, 1.82) is 5.41 Å². The van der Waals surface area contributed by atoms with Crippen molar-refractivity contribution in [2.24, 2.45) is 5.92 Å². The van der Waals surface area contributed by atoms with E-state index in [-0.39, 0.29) is 41.4 Å². The van der Waals surface area contributed by atoms with Crippen molar-refractivity contribution in [2.45, 2.75) is 63.6 Å². The Morgan fingerprint density at radius 2 is 2.00 bits per heavy atom. The number of halogens is 2. The number of fused-ring (bicyclic) bond motifs is 1. The summed E-state index contributed by atoms with van der Waals surface area (Å²) in [6.07, 6.45) is 7.25. The van der Waals surface area contributed by atoms with E-state index in [0.29, 0.717) is 53.5 Å². The number of aryl methyl sites for hydroxylation is 1. The fraction of sp³-hybridized carbons (Fsp3) is 0.382. The molecule has 1 aliphatic carbocycles. The van der Waals surface area contributed by atoms with E-state index in [4.69, 9.17) is 10.1 Å². The van der Waals surface area contributed by atoms with Crippen LogP contribution in [-0.4, -0.2) is 68.7 Å². The standard InChI is InChI=1S/C34H37F2N7O4/c1-3-18-13-19(41-32-33-40-17-27(43(33)12-11-38-32)23-9-10-29(47-2)31(36)30(23)35)7-8-21(18)28(45)15-24(37)22-5-4-6-25(22)42-34(46)26-14-20(44)16-39-26/h7-13,17,20,22,25-26,37,39,44H,3-6,14-16H2,1-2H3,(H,38,41)(H,42,46)/t20-,22-,25-,26+/m1/s1. The zero-order valence-electron chi connectivity index (χ0n) is 26.1. The van der Waals surface area contributed by atoms with Crippen LogP contribution in [0.1, 0.15) is 54.9 Å². The SMILES string of the molecule is CCc1cc(Nc2nccn3c(-c4ccc(OC)c(F)c4F)cnc23)ccc1C(=O)CC(=N)[C@H]1CCC[C@H]1NC(=O)[C@@H]1C[C@@H](O)CN1. The number of β-amino-alcohol motifs (C(OH)–C–C–N with tert-alkyl or cyclic N) is 1. The molecule has 11 nitrogen and oxygen atoms in total. The molecule has 2 aromatic carbocycles. The van der Waals surface area contributed by atoms with E-state index in [2.05, 4.69) is 25.9 Å². The first-order valence-electron chi connectivity index (χ1n) is 15.7. The van der Waals surface area contributed by atoms with Crippen LogP contribution in [0.3, 0.4) is 0 Å². The largest absolute Gasteiger partial charge is 0.494 e. The molecule has 5 N–H and O–H groups in total. The van der Waals surface area contributed by atoms with Gasteiger partial charge in [-0.05, 0) is 61.6 Å². The molecular weight excluding hydrogens is 608 g/mol. The molecule has 1 saturated heterocycles. The number of hydrogen-bond donors (Lipinski definition) is 5. The Hall–Kier alpha value is -4.75. The number of nitrogens with zero attached hydrogens (tertiary/aromatic N) is 3. The smallest absolute Gasteiger partial charge is 0.237 e. The quantitative estimate of drug-likeness (QED) is 0.117. The van der Waals surface area contributed by atoms with Gasteiger partial charge in [-0.1, -0.05) is 13.3 Å². The summed E-state index contributed by atoms with van der Waals surface area (Å²) < 4.78 is 35.8. The summed E-state index contributed by atoms with van der Waals surface area (Å²) in [5.41, 5.74) is 3.03. The molecule has 0 bridgehead atoms. The van der Waals surface area contributed by atoms with Gasteiger partial charge in [0.1, 0.15) is 0 Å². The van der Waals surface area contributed by atoms with Crippen LogP contribution in [0.2, 0.25) is 0 Å². The van der Waals surface area contributed by atoms with Gasteiger partial charge in [0, 0.05) is 59.8 Å². The molecule has 1 saturated carbocycles. The summed E-state index contributed by atoms with van der Waals surface area (Å²) in [4.78, 5) is 35.0. The molecule has 2 aromatic heterocycles. The Bertz CT molecular complexity index is 1840. The van der Waals surface area contributed by atoms with E-state index in [1.165, 1.54) is 31.6 Å². The number of benzene rings is 2. The van der Waals surface area contributed by atoms with E-state index >= 15 is 0 Å². The maximum atomic E-state index is 14.9. The van der Waals surface area contributed by atoms with E-state index in [1.807, 2.05) is 13.0 Å². The minimum atomic E-state index is -1.09. The summed E-state index contributed by atoms with van der Waals surface area (Å²) in [6.45, 7) is 2.33. The lowest BCUT2D eigenvalue weighted by Gasteiger charge is -2.23. The highest BCUT2D eigenvalue weighted by atomic mass is 19.2. The molecule has 4 atom stereocenters. The second-order valence-electron chi connectivity index (χ2n) is 12.0. The van der Waals surface area contributed by atoms with E-state index in [1.54, 1.807) is 22.7 Å². The number of hydrogen-bond acceptors (Lipinski definition) is 9. The maximum absolute atomic E-state index is 14.9. The molecule has 246 valence electrons. The monoisotopic (exact) mass is 645 g/mol. The topological polar surface area (TPSA) is 154 Å². The molecule has 3 heterocycles. The molecule has 6 rings (SSSR count). The van der Waals surface area contributed by atoms with Crippen LogP contribution in [0.5, 0.6) is 5.75 Å². The molecule has 13 heteroatoms. The van der Waals surface area contributed by atoms with Crippen LogP contribution < -0.4 is 20.7 Å². The van der Waals surface area contributed by atoms with E-state index in [0.717, 1.165) is 24.8 Å². The number of carbonyl (C=O) groups excluding carboxylic acids is 2. The van der Waals surface area contributed by atoms with Crippen LogP contribution in [0, 0.1) is 23.0 Å². The minimum absolute atomic E-state index is 0.0200. The van der Waals surface area contributed by atoms with Crippen LogP contribution in [-0.2, 0) is 11.2 Å². The summed E-state index contributed by atoms with van der Waals surface area (Å²) >= 11 is 0. The summed E-state index contributed by atoms with van der Waals surface area (Å²) in [7, 11) is 1.27. The van der Waals surface area contributed by atoms with Crippen molar-refractivity contribution in [2.75, 3.05) is 19.0 Å². The first kappa shape index (κ1) is 32.2. The van der Waals surface area contributed by atoms with Crippen LogP contribution in [0.25, 0.3) is 16.9 Å². The third kappa shape index (κ3) is 6.45. The normalized spacial score (nSPS) is 20.8. The second-order valence-corrected chi connectivity index (χ2v) is 12.0. The average Bonchev–Trinajstić information content (AvgIpc) is 3.83. The molecule has 4 aromatic rings. The molecule has 0 radical (unpaired) electrons. The van der Waals surface area contributed by atoms with Crippen molar-refractivity contribution < 1.29 is 28.2 Å². The number of methoxy groups -OCH3 is 1. The van der Waals surface area contributed by atoms with E-state index < -0.39 is 23.8 Å².